The van der Waals surface area contributed by atoms with E-state index < -0.39 is 0 Å². The molecule has 0 saturated carbocycles. The Bertz CT molecular complexity index is 296. The van der Waals surface area contributed by atoms with Crippen LogP contribution in [-0.2, 0) is 13.6 Å². The lowest BCUT2D eigenvalue weighted by molar-refractivity contribution is 0.393. The largest absolute Gasteiger partial charge is 0.321 e. The standard InChI is InChI=1S/C10H19ClN4/c1-14(2)6-4-5-12-8-10-13-7-9(11)15(10)3/h7,12H,4-6,8H2,1-3H3. The van der Waals surface area contributed by atoms with Gasteiger partial charge in [0.1, 0.15) is 11.0 Å². The molecule has 0 aliphatic rings. The van der Waals surface area contributed by atoms with E-state index in [-0.39, 0.29) is 0 Å². The van der Waals surface area contributed by atoms with Crippen LogP contribution in [0.15, 0.2) is 6.20 Å². The first-order valence-electron chi connectivity index (χ1n) is 5.13. The normalized spacial score (nSPS) is 11.3. The fourth-order valence-electron chi connectivity index (χ4n) is 1.31. The van der Waals surface area contributed by atoms with Gasteiger partial charge in [0.15, 0.2) is 0 Å². The molecule has 1 aromatic rings. The molecule has 1 rings (SSSR count). The van der Waals surface area contributed by atoms with Crippen LogP contribution in [-0.4, -0.2) is 41.6 Å². The SMILES string of the molecule is CN(C)CCCNCc1ncc(Cl)n1C. The van der Waals surface area contributed by atoms with E-state index in [9.17, 15) is 0 Å². The van der Waals surface area contributed by atoms with Gasteiger partial charge in [0.05, 0.1) is 12.7 Å². The second-order valence-corrected chi connectivity index (χ2v) is 4.28. The minimum atomic E-state index is 0.681. The molecule has 1 aromatic heterocycles. The van der Waals surface area contributed by atoms with Crippen molar-refractivity contribution in [1.82, 2.24) is 19.8 Å². The van der Waals surface area contributed by atoms with Crippen LogP contribution in [0.2, 0.25) is 5.15 Å². The summed E-state index contributed by atoms with van der Waals surface area (Å²) >= 11 is 5.88. The van der Waals surface area contributed by atoms with Gasteiger partial charge in [-0.15, -0.1) is 0 Å². The average molecular weight is 231 g/mol. The Morgan fingerprint density at radius 1 is 1.53 bits per heavy atom. The van der Waals surface area contributed by atoms with Crippen molar-refractivity contribution in [3.05, 3.63) is 17.2 Å². The fourth-order valence-corrected chi connectivity index (χ4v) is 1.46. The predicted octanol–water partition coefficient (Wildman–Crippen LogP) is 1.11. The van der Waals surface area contributed by atoms with E-state index in [0.29, 0.717) is 5.15 Å². The molecule has 0 aliphatic heterocycles. The second kappa shape index (κ2) is 6.10. The number of aromatic nitrogens is 2. The molecule has 0 radical (unpaired) electrons. The molecule has 0 fully saturated rings. The number of nitrogens with one attached hydrogen (secondary N) is 1. The summed E-state index contributed by atoms with van der Waals surface area (Å²) in [5.74, 6) is 0.977. The van der Waals surface area contributed by atoms with Crippen LogP contribution in [0, 0.1) is 0 Å². The third-order valence-electron chi connectivity index (χ3n) is 2.27. The predicted molar refractivity (Wildman–Crippen MR) is 63.1 cm³/mol. The summed E-state index contributed by atoms with van der Waals surface area (Å²) in [4.78, 5) is 6.39. The minimum Gasteiger partial charge on any atom is -0.321 e. The van der Waals surface area contributed by atoms with Crippen LogP contribution >= 0.6 is 11.6 Å². The molecule has 0 aliphatic carbocycles. The Balaban J connectivity index is 2.18. The molecule has 0 saturated heterocycles. The van der Waals surface area contributed by atoms with Crippen molar-refractivity contribution >= 4 is 11.6 Å². The van der Waals surface area contributed by atoms with Crippen LogP contribution in [0.25, 0.3) is 0 Å². The molecule has 0 bridgehead atoms. The summed E-state index contributed by atoms with van der Waals surface area (Å²) in [5, 5.41) is 4.02. The van der Waals surface area contributed by atoms with Crippen molar-refractivity contribution in [1.29, 1.82) is 0 Å². The Morgan fingerprint density at radius 2 is 2.27 bits per heavy atom. The van der Waals surface area contributed by atoms with Crippen LogP contribution < -0.4 is 5.32 Å². The van der Waals surface area contributed by atoms with Crippen LogP contribution in [0.4, 0.5) is 0 Å². The van der Waals surface area contributed by atoms with Gasteiger partial charge in [0.2, 0.25) is 0 Å². The third kappa shape index (κ3) is 4.20. The van der Waals surface area contributed by atoms with Crippen molar-refractivity contribution in [3.63, 3.8) is 0 Å². The number of hydrogen-bond donors (Lipinski definition) is 1. The molecule has 0 aromatic carbocycles. The molecule has 4 nitrogen and oxygen atoms in total. The maximum absolute atomic E-state index is 5.88. The Labute approximate surface area is 96.2 Å². The summed E-state index contributed by atoms with van der Waals surface area (Å²) in [5.41, 5.74) is 0. The van der Waals surface area contributed by atoms with E-state index in [1.165, 1.54) is 0 Å². The molecule has 0 unspecified atom stereocenters. The lowest BCUT2D eigenvalue weighted by Gasteiger charge is -2.09. The van der Waals surface area contributed by atoms with Gasteiger partial charge in [-0.25, -0.2) is 4.98 Å². The molecular formula is C10H19ClN4. The van der Waals surface area contributed by atoms with E-state index in [1.54, 1.807) is 6.20 Å². The quantitative estimate of drug-likeness (QED) is 0.744. The molecule has 1 heterocycles. The first-order valence-corrected chi connectivity index (χ1v) is 5.50. The lowest BCUT2D eigenvalue weighted by atomic mass is 10.4. The first kappa shape index (κ1) is 12.5. The van der Waals surface area contributed by atoms with Crippen molar-refractivity contribution in [2.75, 3.05) is 27.2 Å². The van der Waals surface area contributed by atoms with Crippen molar-refractivity contribution < 1.29 is 0 Å². The maximum Gasteiger partial charge on any atom is 0.128 e. The van der Waals surface area contributed by atoms with Crippen LogP contribution in [0.5, 0.6) is 0 Å². The van der Waals surface area contributed by atoms with Gasteiger partial charge >= 0.3 is 0 Å². The van der Waals surface area contributed by atoms with Gasteiger partial charge in [0.25, 0.3) is 0 Å². The Hall–Kier alpha value is -0.580. The molecule has 0 spiro atoms. The van der Waals surface area contributed by atoms with Crippen molar-refractivity contribution in [2.45, 2.75) is 13.0 Å². The molecular weight excluding hydrogens is 212 g/mol. The second-order valence-electron chi connectivity index (χ2n) is 3.89. The van der Waals surface area contributed by atoms with E-state index in [4.69, 9.17) is 11.6 Å². The van der Waals surface area contributed by atoms with Crippen molar-refractivity contribution in [3.8, 4) is 0 Å². The molecule has 0 atom stereocenters. The zero-order valence-corrected chi connectivity index (χ0v) is 10.4. The molecule has 5 heteroatoms. The summed E-state index contributed by atoms with van der Waals surface area (Å²) in [6.45, 7) is 2.88. The number of imidazole rings is 1. The van der Waals surface area contributed by atoms with Crippen molar-refractivity contribution in [2.24, 2.45) is 7.05 Å². The van der Waals surface area contributed by atoms with Crippen LogP contribution in [0.1, 0.15) is 12.2 Å². The zero-order chi connectivity index (χ0) is 11.3. The highest BCUT2D eigenvalue weighted by Gasteiger charge is 2.02. The summed E-state index contributed by atoms with van der Waals surface area (Å²) in [6, 6.07) is 0. The van der Waals surface area contributed by atoms with E-state index >= 15 is 0 Å². The maximum atomic E-state index is 5.88. The van der Waals surface area contributed by atoms with Gasteiger partial charge in [-0.1, -0.05) is 11.6 Å². The monoisotopic (exact) mass is 230 g/mol. The number of rotatable bonds is 6. The third-order valence-corrected chi connectivity index (χ3v) is 2.62. The van der Waals surface area contributed by atoms with Gasteiger partial charge in [0, 0.05) is 7.05 Å². The summed E-state index contributed by atoms with van der Waals surface area (Å²) in [7, 11) is 6.09. The van der Waals surface area contributed by atoms with E-state index in [0.717, 1.165) is 31.9 Å². The fraction of sp³-hybridized carbons (Fsp3) is 0.700. The molecule has 0 amide bonds. The van der Waals surface area contributed by atoms with E-state index in [2.05, 4.69) is 29.3 Å². The number of nitrogens with zero attached hydrogens (tertiary/aromatic N) is 3. The lowest BCUT2D eigenvalue weighted by Crippen LogP contribution is -2.22. The average Bonchev–Trinajstić information content (AvgIpc) is 2.48. The van der Waals surface area contributed by atoms with Gasteiger partial charge in [-0.2, -0.15) is 0 Å². The van der Waals surface area contributed by atoms with E-state index in [1.807, 2.05) is 11.6 Å². The highest BCUT2D eigenvalue weighted by Crippen LogP contribution is 2.08. The number of halogens is 1. The summed E-state index contributed by atoms with van der Waals surface area (Å²) < 4.78 is 1.89. The summed E-state index contributed by atoms with van der Waals surface area (Å²) in [6.07, 6.45) is 2.82. The smallest absolute Gasteiger partial charge is 0.128 e. The highest BCUT2D eigenvalue weighted by atomic mass is 35.5. The topological polar surface area (TPSA) is 33.1 Å². The first-order chi connectivity index (χ1) is 7.11. The highest BCUT2D eigenvalue weighted by molar-refractivity contribution is 6.29. The van der Waals surface area contributed by atoms with Gasteiger partial charge in [-0.05, 0) is 33.6 Å². The number of hydrogen-bond acceptors (Lipinski definition) is 3. The minimum absolute atomic E-state index is 0.681. The van der Waals surface area contributed by atoms with Crippen LogP contribution in [0.3, 0.4) is 0 Å². The molecule has 1 N–H and O–H groups in total. The molecule has 15 heavy (non-hydrogen) atoms. The Kier molecular flexibility index (Phi) is 5.08. The van der Waals surface area contributed by atoms with Gasteiger partial charge in [-0.3, -0.25) is 0 Å². The molecule has 86 valence electrons. The Morgan fingerprint density at radius 3 is 2.80 bits per heavy atom. The zero-order valence-electron chi connectivity index (χ0n) is 9.63. The van der Waals surface area contributed by atoms with Gasteiger partial charge < -0.3 is 14.8 Å².